The summed E-state index contributed by atoms with van der Waals surface area (Å²) in [6, 6.07) is 6.79. The van der Waals surface area contributed by atoms with Gasteiger partial charge in [-0.05, 0) is 62.8 Å². The molecular formula is C18H25N3O5. The maximum Gasteiger partial charge on any atom is 0.323 e. The average Bonchev–Trinajstić information content (AvgIpc) is 2.64. The van der Waals surface area contributed by atoms with Gasteiger partial charge in [-0.15, -0.1) is 0 Å². The lowest BCUT2D eigenvalue weighted by atomic mass is 9.85. The first-order valence-corrected chi connectivity index (χ1v) is 8.76. The summed E-state index contributed by atoms with van der Waals surface area (Å²) in [7, 11) is 0. The first-order chi connectivity index (χ1) is 12.5. The number of carbonyl (C=O) groups excluding carboxylic acids is 3. The van der Waals surface area contributed by atoms with Crippen LogP contribution in [-0.2, 0) is 19.1 Å². The van der Waals surface area contributed by atoms with Crippen LogP contribution in [0.2, 0.25) is 0 Å². The van der Waals surface area contributed by atoms with Crippen molar-refractivity contribution in [1.29, 1.82) is 0 Å². The van der Waals surface area contributed by atoms with Crippen LogP contribution in [0, 0.1) is 5.92 Å². The molecule has 1 fully saturated rings. The van der Waals surface area contributed by atoms with Crippen molar-refractivity contribution in [3.63, 3.8) is 0 Å². The Kier molecular flexibility index (Phi) is 7.40. The highest BCUT2D eigenvalue weighted by atomic mass is 16.5. The Bertz CT molecular complexity index is 624. The van der Waals surface area contributed by atoms with E-state index in [2.05, 4.69) is 5.32 Å². The highest BCUT2D eigenvalue weighted by molar-refractivity contribution is 6.39. The number of anilines is 1. The van der Waals surface area contributed by atoms with Gasteiger partial charge in [0, 0.05) is 12.1 Å². The normalized spacial score (nSPS) is 19.3. The van der Waals surface area contributed by atoms with Crippen LogP contribution in [0.25, 0.3) is 0 Å². The summed E-state index contributed by atoms with van der Waals surface area (Å²) in [5.74, 6) is 4.08. The van der Waals surface area contributed by atoms with Crippen molar-refractivity contribution >= 4 is 23.5 Å². The Hall–Kier alpha value is -2.61. The van der Waals surface area contributed by atoms with E-state index >= 15 is 0 Å². The molecule has 0 spiro atoms. The van der Waals surface area contributed by atoms with Gasteiger partial charge in [0.25, 0.3) is 0 Å². The molecule has 0 bridgehead atoms. The van der Waals surface area contributed by atoms with Crippen LogP contribution < -0.4 is 21.3 Å². The van der Waals surface area contributed by atoms with Crippen LogP contribution in [0.4, 0.5) is 5.69 Å². The van der Waals surface area contributed by atoms with Gasteiger partial charge in [-0.2, -0.15) is 0 Å². The molecule has 0 aliphatic heterocycles. The van der Waals surface area contributed by atoms with Gasteiger partial charge < -0.3 is 14.8 Å². The second-order valence-corrected chi connectivity index (χ2v) is 6.22. The van der Waals surface area contributed by atoms with E-state index in [1.165, 1.54) is 0 Å². The second-order valence-electron chi connectivity index (χ2n) is 6.22. The Morgan fingerprint density at radius 2 is 1.73 bits per heavy atom. The monoisotopic (exact) mass is 363 g/mol. The topological polar surface area (TPSA) is 120 Å². The average molecular weight is 363 g/mol. The number of hydrazine groups is 1. The molecule has 4 N–H and O–H groups in total. The highest BCUT2D eigenvalue weighted by Gasteiger charge is 2.24. The second kappa shape index (κ2) is 9.76. The third-order valence-corrected chi connectivity index (χ3v) is 4.31. The minimum absolute atomic E-state index is 0.108. The largest absolute Gasteiger partial charge is 0.490 e. The first-order valence-electron chi connectivity index (χ1n) is 8.76. The molecule has 8 nitrogen and oxygen atoms in total. The molecule has 0 atom stereocenters. The van der Waals surface area contributed by atoms with E-state index in [-0.39, 0.29) is 12.1 Å². The molecule has 0 saturated heterocycles. The number of nitrogens with one attached hydrogen (secondary N) is 2. The lowest BCUT2D eigenvalue weighted by Crippen LogP contribution is -2.39. The number of nitrogens with two attached hydrogens (primary N) is 1. The van der Waals surface area contributed by atoms with Gasteiger partial charge >= 0.3 is 17.8 Å². The molecule has 1 aromatic carbocycles. The number of esters is 1. The van der Waals surface area contributed by atoms with E-state index in [4.69, 9.17) is 15.3 Å². The summed E-state index contributed by atoms with van der Waals surface area (Å²) < 4.78 is 11.0. The summed E-state index contributed by atoms with van der Waals surface area (Å²) in [6.45, 7) is 2.23. The highest BCUT2D eigenvalue weighted by Crippen LogP contribution is 2.30. The fraction of sp³-hybridized carbons (Fsp3) is 0.500. The van der Waals surface area contributed by atoms with Crippen LogP contribution in [0.5, 0.6) is 5.75 Å². The number of hydrogen-bond donors (Lipinski definition) is 3. The lowest BCUT2D eigenvalue weighted by molar-refractivity contribution is -0.144. The number of hydrogen-bond acceptors (Lipinski definition) is 6. The Labute approximate surface area is 152 Å². The summed E-state index contributed by atoms with van der Waals surface area (Å²) in [5, 5.41) is 2.43. The van der Waals surface area contributed by atoms with Crippen molar-refractivity contribution in [1.82, 2.24) is 5.43 Å². The summed E-state index contributed by atoms with van der Waals surface area (Å²) >= 11 is 0. The Balaban J connectivity index is 1.77. The van der Waals surface area contributed by atoms with Gasteiger partial charge in [-0.25, -0.2) is 5.84 Å². The van der Waals surface area contributed by atoms with Crippen LogP contribution in [0.1, 0.15) is 39.0 Å². The fourth-order valence-corrected chi connectivity index (χ4v) is 2.97. The van der Waals surface area contributed by atoms with Crippen molar-refractivity contribution < 1.29 is 23.9 Å². The van der Waals surface area contributed by atoms with Gasteiger partial charge in [-0.3, -0.25) is 19.8 Å². The molecule has 142 valence electrons. The van der Waals surface area contributed by atoms with E-state index in [0.717, 1.165) is 25.7 Å². The zero-order valence-corrected chi connectivity index (χ0v) is 14.8. The predicted octanol–water partition coefficient (Wildman–Crippen LogP) is 1.51. The van der Waals surface area contributed by atoms with Crippen molar-refractivity contribution in [2.45, 2.75) is 45.1 Å². The van der Waals surface area contributed by atoms with Gasteiger partial charge in [0.15, 0.2) is 0 Å². The summed E-state index contributed by atoms with van der Waals surface area (Å²) in [4.78, 5) is 34.0. The van der Waals surface area contributed by atoms with Crippen molar-refractivity contribution in [3.05, 3.63) is 24.3 Å². The first kappa shape index (κ1) is 19.7. The maximum absolute atomic E-state index is 11.5. The van der Waals surface area contributed by atoms with Crippen molar-refractivity contribution in [2.24, 2.45) is 11.8 Å². The molecule has 1 aromatic rings. The quantitative estimate of drug-likeness (QED) is 0.232. The van der Waals surface area contributed by atoms with Gasteiger partial charge in [0.05, 0.1) is 12.7 Å². The number of amides is 2. The standard InChI is InChI=1S/C18H25N3O5/c1-2-25-16(22)11-12-3-7-14(8-4-12)26-15-9-5-13(6-10-15)20-17(23)18(24)21-19/h5-6,9-10,12,14H,2-4,7-8,11,19H2,1H3,(H,20,23)(H,21,24). The molecule has 1 aliphatic carbocycles. The number of ether oxygens (including phenoxy) is 2. The zero-order chi connectivity index (χ0) is 18.9. The predicted molar refractivity (Wildman–Crippen MR) is 95.0 cm³/mol. The summed E-state index contributed by atoms with van der Waals surface area (Å²) in [6.07, 6.45) is 4.23. The van der Waals surface area contributed by atoms with E-state index in [9.17, 15) is 14.4 Å². The molecule has 26 heavy (non-hydrogen) atoms. The Morgan fingerprint density at radius 1 is 1.08 bits per heavy atom. The SMILES string of the molecule is CCOC(=O)CC1CCC(Oc2ccc(NC(=O)C(=O)NN)cc2)CC1. The smallest absolute Gasteiger partial charge is 0.323 e. The fourth-order valence-electron chi connectivity index (χ4n) is 2.97. The van der Waals surface area contributed by atoms with E-state index in [0.29, 0.717) is 30.4 Å². The van der Waals surface area contributed by atoms with Crippen LogP contribution in [0.3, 0.4) is 0 Å². The third kappa shape index (κ3) is 6.03. The van der Waals surface area contributed by atoms with Gasteiger partial charge in [0.2, 0.25) is 0 Å². The summed E-state index contributed by atoms with van der Waals surface area (Å²) in [5.41, 5.74) is 2.24. The van der Waals surface area contributed by atoms with Crippen LogP contribution >= 0.6 is 0 Å². The molecule has 8 heteroatoms. The minimum atomic E-state index is -0.912. The van der Waals surface area contributed by atoms with Crippen LogP contribution in [0.15, 0.2) is 24.3 Å². The molecule has 1 saturated carbocycles. The molecule has 0 aromatic heterocycles. The number of rotatable bonds is 6. The molecule has 0 radical (unpaired) electrons. The van der Waals surface area contributed by atoms with Gasteiger partial charge in [-0.1, -0.05) is 0 Å². The molecule has 2 rings (SSSR count). The van der Waals surface area contributed by atoms with Crippen molar-refractivity contribution in [2.75, 3.05) is 11.9 Å². The van der Waals surface area contributed by atoms with Gasteiger partial charge in [0.1, 0.15) is 5.75 Å². The molecule has 1 aliphatic rings. The maximum atomic E-state index is 11.5. The number of benzene rings is 1. The molecule has 2 amide bonds. The minimum Gasteiger partial charge on any atom is -0.490 e. The third-order valence-electron chi connectivity index (χ3n) is 4.31. The molecular weight excluding hydrogens is 338 g/mol. The number of carbonyl (C=O) groups is 3. The van der Waals surface area contributed by atoms with E-state index in [1.54, 1.807) is 29.7 Å². The van der Waals surface area contributed by atoms with Crippen molar-refractivity contribution in [3.8, 4) is 5.75 Å². The lowest BCUT2D eigenvalue weighted by Gasteiger charge is -2.28. The van der Waals surface area contributed by atoms with Crippen LogP contribution in [-0.4, -0.2) is 30.5 Å². The van der Waals surface area contributed by atoms with E-state index in [1.807, 2.05) is 6.92 Å². The zero-order valence-electron chi connectivity index (χ0n) is 14.8. The molecule has 0 unspecified atom stereocenters. The van der Waals surface area contributed by atoms with E-state index < -0.39 is 11.8 Å². The molecule has 0 heterocycles. The Morgan fingerprint density at radius 3 is 2.31 bits per heavy atom.